The number of aromatic amines is 2. The average molecular weight is 606 g/mol. The van der Waals surface area contributed by atoms with Gasteiger partial charge in [0.05, 0.1) is 16.4 Å². The van der Waals surface area contributed by atoms with Gasteiger partial charge in [0.25, 0.3) is 11.1 Å². The molecule has 13 nitrogen and oxygen atoms in total. The van der Waals surface area contributed by atoms with Gasteiger partial charge in [-0.1, -0.05) is 17.7 Å². The van der Waals surface area contributed by atoms with E-state index < -0.39 is 22.5 Å². The monoisotopic (exact) mass is 605 g/mol. The second kappa shape index (κ2) is 13.6. The van der Waals surface area contributed by atoms with E-state index in [9.17, 15) is 28.8 Å². The predicted octanol–water partition coefficient (Wildman–Crippen LogP) is 2.47. The van der Waals surface area contributed by atoms with Crippen molar-refractivity contribution >= 4 is 46.7 Å². The first-order chi connectivity index (χ1) is 20.5. The van der Waals surface area contributed by atoms with Gasteiger partial charge in [0, 0.05) is 61.4 Å². The Balaban J connectivity index is 1.28. The lowest BCUT2D eigenvalue weighted by Gasteiger charge is -2.09. The average Bonchev–Trinajstić information content (AvgIpc) is 2.96. The van der Waals surface area contributed by atoms with Crippen LogP contribution in [0.3, 0.4) is 0 Å². The van der Waals surface area contributed by atoms with Crippen LogP contribution in [-0.2, 0) is 22.7 Å². The summed E-state index contributed by atoms with van der Waals surface area (Å²) < 4.78 is 2.54. The molecule has 14 heteroatoms. The Kier molecular flexibility index (Phi) is 9.68. The molecule has 0 aliphatic rings. The molecule has 0 unspecified atom stereocenters. The van der Waals surface area contributed by atoms with Gasteiger partial charge >= 0.3 is 11.4 Å². The number of benzene rings is 2. The van der Waals surface area contributed by atoms with Gasteiger partial charge in [0.15, 0.2) is 0 Å². The van der Waals surface area contributed by atoms with Crippen LogP contribution >= 0.6 is 11.6 Å². The Morgan fingerprint density at radius 3 is 1.88 bits per heavy atom. The van der Waals surface area contributed by atoms with E-state index in [4.69, 9.17) is 11.6 Å². The number of nitrogens with zero attached hydrogens (tertiary/aromatic N) is 3. The number of carbonyl (C=O) groups excluding carboxylic acids is 2. The molecule has 0 aliphatic carbocycles. The number of anilines is 2. The van der Waals surface area contributed by atoms with Crippen molar-refractivity contribution in [3.05, 3.63) is 118 Å². The number of H-pyrrole nitrogens is 2. The van der Waals surface area contributed by atoms with E-state index in [1.54, 1.807) is 62.5 Å². The third kappa shape index (κ3) is 8.36. The number of nitrogens with one attached hydrogen (secondary N) is 4. The molecule has 4 aromatic rings. The van der Waals surface area contributed by atoms with E-state index >= 15 is 0 Å². The van der Waals surface area contributed by atoms with Crippen molar-refractivity contribution in [2.24, 2.45) is 4.99 Å². The number of aromatic nitrogens is 4. The minimum absolute atomic E-state index is 0.00379. The fourth-order valence-electron chi connectivity index (χ4n) is 3.94. The minimum Gasteiger partial charge on any atom is -0.326 e. The summed E-state index contributed by atoms with van der Waals surface area (Å²) in [6.45, 7) is 3.36. The molecule has 0 fully saturated rings. The topological polar surface area (TPSA) is 180 Å². The summed E-state index contributed by atoms with van der Waals surface area (Å²) in [5, 5.41) is 5.76. The summed E-state index contributed by atoms with van der Waals surface area (Å²) >= 11 is 6.35. The van der Waals surface area contributed by atoms with E-state index in [2.05, 4.69) is 25.6 Å². The molecule has 43 heavy (non-hydrogen) atoms. The molecule has 2 aromatic carbocycles. The van der Waals surface area contributed by atoms with Crippen LogP contribution in [0, 0.1) is 13.8 Å². The summed E-state index contributed by atoms with van der Waals surface area (Å²) in [4.78, 5) is 80.2. The van der Waals surface area contributed by atoms with Crippen molar-refractivity contribution < 1.29 is 9.59 Å². The van der Waals surface area contributed by atoms with Crippen LogP contribution in [0.2, 0.25) is 5.02 Å². The number of amides is 2. The second-order valence-electron chi connectivity index (χ2n) is 9.67. The first-order valence-corrected chi connectivity index (χ1v) is 13.5. The lowest BCUT2D eigenvalue weighted by Crippen LogP contribution is -2.31. The number of hydrogen-bond acceptors (Lipinski definition) is 7. The number of halogens is 1. The molecule has 0 spiro atoms. The van der Waals surface area contributed by atoms with E-state index in [1.807, 2.05) is 0 Å². The van der Waals surface area contributed by atoms with E-state index in [1.165, 1.54) is 21.5 Å². The number of carbonyl (C=O) groups is 2. The summed E-state index contributed by atoms with van der Waals surface area (Å²) in [6, 6.07) is 11.8. The highest BCUT2D eigenvalue weighted by Gasteiger charge is 2.09. The zero-order valence-electron chi connectivity index (χ0n) is 23.3. The number of rotatable bonds is 10. The largest absolute Gasteiger partial charge is 0.328 e. The fraction of sp³-hybridized carbons (Fsp3) is 0.207. The Labute approximate surface area is 248 Å². The van der Waals surface area contributed by atoms with Gasteiger partial charge in [-0.15, -0.1) is 0 Å². The highest BCUT2D eigenvalue weighted by atomic mass is 35.5. The van der Waals surface area contributed by atoms with Crippen LogP contribution in [0.4, 0.5) is 17.1 Å². The fourth-order valence-corrected chi connectivity index (χ4v) is 4.18. The molecule has 0 atom stereocenters. The third-order valence-corrected chi connectivity index (χ3v) is 6.63. The molecule has 222 valence electrons. The van der Waals surface area contributed by atoms with Crippen molar-refractivity contribution in [1.29, 1.82) is 0 Å². The zero-order chi connectivity index (χ0) is 31.1. The molecule has 0 bridgehead atoms. The molecule has 0 saturated heterocycles. The number of aliphatic imine (C=N–C) groups is 1. The highest BCUT2D eigenvalue weighted by molar-refractivity contribution is 6.34. The lowest BCUT2D eigenvalue weighted by atomic mass is 10.2. The normalized spacial score (nSPS) is 11.0. The Hall–Kier alpha value is -5.30. The Bertz CT molecular complexity index is 1940. The lowest BCUT2D eigenvalue weighted by molar-refractivity contribution is -0.117. The van der Waals surface area contributed by atoms with Gasteiger partial charge < -0.3 is 10.6 Å². The SMILES string of the molecule is Cc1cn(CCC(=O)Nc2ccc(N=Cc3ccc(NC(=O)CCn4cc(C)c(=O)[nH]c4=O)c(Cl)c3)cc2)c(=O)[nH]c1=O. The highest BCUT2D eigenvalue weighted by Crippen LogP contribution is 2.23. The van der Waals surface area contributed by atoms with Gasteiger partial charge in [-0.2, -0.15) is 0 Å². The quantitative estimate of drug-likeness (QED) is 0.201. The maximum Gasteiger partial charge on any atom is 0.328 e. The van der Waals surface area contributed by atoms with E-state index in [0.717, 1.165) is 0 Å². The van der Waals surface area contributed by atoms with Crippen molar-refractivity contribution in [2.75, 3.05) is 10.6 Å². The first kappa shape index (κ1) is 30.7. The Morgan fingerprint density at radius 2 is 1.35 bits per heavy atom. The van der Waals surface area contributed by atoms with Crippen molar-refractivity contribution in [1.82, 2.24) is 19.1 Å². The molecule has 0 saturated carbocycles. The van der Waals surface area contributed by atoms with Crippen molar-refractivity contribution in [3.8, 4) is 0 Å². The summed E-state index contributed by atoms with van der Waals surface area (Å²) in [5.41, 5.74) is 0.932. The van der Waals surface area contributed by atoms with E-state index in [0.29, 0.717) is 38.8 Å². The third-order valence-electron chi connectivity index (χ3n) is 6.32. The van der Waals surface area contributed by atoms with Gasteiger partial charge in [0.2, 0.25) is 11.8 Å². The van der Waals surface area contributed by atoms with Crippen LogP contribution in [0.15, 0.2) is 79.0 Å². The van der Waals surface area contributed by atoms with Gasteiger partial charge in [-0.05, 0) is 55.8 Å². The molecule has 2 amide bonds. The van der Waals surface area contributed by atoms with Crippen molar-refractivity contribution in [3.63, 3.8) is 0 Å². The molecular weight excluding hydrogens is 578 g/mol. The van der Waals surface area contributed by atoms with Crippen LogP contribution < -0.4 is 33.1 Å². The maximum atomic E-state index is 12.4. The smallest absolute Gasteiger partial charge is 0.326 e. The summed E-state index contributed by atoms with van der Waals surface area (Å²) in [7, 11) is 0. The first-order valence-electron chi connectivity index (χ1n) is 13.1. The molecule has 2 aromatic heterocycles. The molecular formula is C29H28ClN7O6. The maximum absolute atomic E-state index is 12.4. The minimum atomic E-state index is -0.585. The summed E-state index contributed by atoms with van der Waals surface area (Å²) in [6.07, 6.45) is 4.46. The molecule has 0 radical (unpaired) electrons. The Morgan fingerprint density at radius 1 is 0.814 bits per heavy atom. The number of hydrogen-bond donors (Lipinski definition) is 4. The standard InChI is InChI=1S/C29H28ClN7O6/c1-17-15-36(28(42)34-26(17)40)11-9-24(38)32-21-6-4-20(5-7-21)31-14-19-3-8-23(22(30)13-19)33-25(39)10-12-37-16-18(2)27(41)35-29(37)43/h3-8,13-16H,9-12H2,1-2H3,(H,32,38)(H,33,39)(H,34,40,42)(H,35,41,43). The van der Waals surface area contributed by atoms with E-state index in [-0.39, 0.29) is 37.7 Å². The van der Waals surface area contributed by atoms with Crippen molar-refractivity contribution in [2.45, 2.75) is 39.8 Å². The predicted molar refractivity (Wildman–Crippen MR) is 164 cm³/mol. The summed E-state index contributed by atoms with van der Waals surface area (Å²) in [5.74, 6) is -0.652. The molecule has 0 aliphatic heterocycles. The number of aryl methyl sites for hydroxylation is 4. The van der Waals surface area contributed by atoms with Gasteiger partial charge in [-0.3, -0.25) is 43.3 Å². The van der Waals surface area contributed by atoms with Crippen LogP contribution in [-0.4, -0.2) is 37.1 Å². The van der Waals surface area contributed by atoms with Crippen LogP contribution in [0.25, 0.3) is 0 Å². The van der Waals surface area contributed by atoms with Crippen LogP contribution in [0.1, 0.15) is 29.5 Å². The molecule has 4 N–H and O–H groups in total. The van der Waals surface area contributed by atoms with Gasteiger partial charge in [-0.25, -0.2) is 9.59 Å². The second-order valence-corrected chi connectivity index (χ2v) is 10.1. The van der Waals surface area contributed by atoms with Crippen LogP contribution in [0.5, 0.6) is 0 Å². The molecule has 2 heterocycles. The zero-order valence-corrected chi connectivity index (χ0v) is 24.0. The molecule has 4 rings (SSSR count). The van der Waals surface area contributed by atoms with Gasteiger partial charge in [0.1, 0.15) is 0 Å².